The molecule has 6 nitrogen and oxygen atoms in total. The Bertz CT molecular complexity index is 897. The van der Waals surface area contributed by atoms with Crippen LogP contribution in [0, 0.1) is 5.82 Å². The number of rotatable bonds is 5. The monoisotopic (exact) mass is 365 g/mol. The average Bonchev–Trinajstić information content (AvgIpc) is 2.70. The van der Waals surface area contributed by atoms with Crippen molar-refractivity contribution < 1.29 is 9.13 Å². The predicted octanol–water partition coefficient (Wildman–Crippen LogP) is 3.94. The zero-order chi connectivity index (χ0) is 18.5. The first-order valence-corrected chi connectivity index (χ1v) is 8.81. The second kappa shape index (κ2) is 8.01. The van der Waals surface area contributed by atoms with Crippen molar-refractivity contribution in [2.24, 2.45) is 0 Å². The fraction of sp³-hybridized carbons (Fsp3) is 0.200. The highest BCUT2D eigenvalue weighted by molar-refractivity contribution is 5.64. The number of nitrogens with one attached hydrogen (secondary N) is 2. The van der Waals surface area contributed by atoms with Gasteiger partial charge in [-0.1, -0.05) is 6.07 Å². The van der Waals surface area contributed by atoms with Gasteiger partial charge >= 0.3 is 0 Å². The van der Waals surface area contributed by atoms with E-state index in [1.807, 2.05) is 12.1 Å². The number of ether oxygens (including phenoxy) is 1. The molecule has 2 aromatic carbocycles. The highest BCUT2D eigenvalue weighted by Gasteiger charge is 2.10. The highest BCUT2D eigenvalue weighted by atomic mass is 19.1. The molecule has 138 valence electrons. The summed E-state index contributed by atoms with van der Waals surface area (Å²) in [5.41, 5.74) is 2.75. The van der Waals surface area contributed by atoms with E-state index in [4.69, 9.17) is 4.74 Å². The molecule has 4 rings (SSSR count). The zero-order valence-electron chi connectivity index (χ0n) is 14.7. The van der Waals surface area contributed by atoms with Gasteiger partial charge in [0.25, 0.3) is 0 Å². The van der Waals surface area contributed by atoms with Crippen molar-refractivity contribution in [3.63, 3.8) is 0 Å². The van der Waals surface area contributed by atoms with Crippen LogP contribution in [-0.4, -0.2) is 36.3 Å². The van der Waals surface area contributed by atoms with Crippen molar-refractivity contribution in [2.45, 2.75) is 0 Å². The van der Waals surface area contributed by atoms with Crippen LogP contribution in [0.4, 0.5) is 33.1 Å². The molecule has 2 heterocycles. The van der Waals surface area contributed by atoms with Gasteiger partial charge in [-0.3, -0.25) is 0 Å². The lowest BCUT2D eigenvalue weighted by Crippen LogP contribution is -2.36. The van der Waals surface area contributed by atoms with Gasteiger partial charge in [-0.15, -0.1) is 0 Å². The number of aromatic nitrogens is 2. The van der Waals surface area contributed by atoms with Crippen molar-refractivity contribution in [1.82, 2.24) is 9.97 Å². The molecule has 7 heteroatoms. The SMILES string of the molecule is Fc1cccc(Nc2cc(Nc3ccc(N4CCOCC4)cc3)ncn2)c1. The van der Waals surface area contributed by atoms with Crippen LogP contribution < -0.4 is 15.5 Å². The molecule has 0 bridgehead atoms. The van der Waals surface area contributed by atoms with Gasteiger partial charge in [0.05, 0.1) is 13.2 Å². The first-order chi connectivity index (χ1) is 13.3. The van der Waals surface area contributed by atoms with Gasteiger partial charge < -0.3 is 20.3 Å². The Balaban J connectivity index is 1.43. The Morgan fingerprint density at radius 1 is 0.852 bits per heavy atom. The number of hydrogen-bond acceptors (Lipinski definition) is 6. The lowest BCUT2D eigenvalue weighted by atomic mass is 10.2. The molecular weight excluding hydrogens is 345 g/mol. The molecule has 1 aromatic heterocycles. The molecule has 0 aliphatic carbocycles. The largest absolute Gasteiger partial charge is 0.378 e. The van der Waals surface area contributed by atoms with Crippen LogP contribution in [0.5, 0.6) is 0 Å². The summed E-state index contributed by atoms with van der Waals surface area (Å²) >= 11 is 0. The third-order valence-electron chi connectivity index (χ3n) is 4.28. The van der Waals surface area contributed by atoms with E-state index in [9.17, 15) is 4.39 Å². The summed E-state index contributed by atoms with van der Waals surface area (Å²) in [7, 11) is 0. The zero-order valence-corrected chi connectivity index (χ0v) is 14.7. The van der Waals surface area contributed by atoms with Crippen LogP contribution in [0.1, 0.15) is 0 Å². The van der Waals surface area contributed by atoms with E-state index >= 15 is 0 Å². The Morgan fingerprint density at radius 3 is 2.26 bits per heavy atom. The van der Waals surface area contributed by atoms with E-state index in [-0.39, 0.29) is 5.82 Å². The fourth-order valence-electron chi connectivity index (χ4n) is 2.93. The van der Waals surface area contributed by atoms with Crippen molar-refractivity contribution in [1.29, 1.82) is 0 Å². The number of benzene rings is 2. The Kier molecular flexibility index (Phi) is 5.11. The van der Waals surface area contributed by atoms with E-state index in [0.717, 1.165) is 32.0 Å². The van der Waals surface area contributed by atoms with E-state index in [0.29, 0.717) is 17.3 Å². The smallest absolute Gasteiger partial charge is 0.135 e. The summed E-state index contributed by atoms with van der Waals surface area (Å²) in [6.07, 6.45) is 1.46. The normalized spacial score (nSPS) is 14.0. The molecule has 0 amide bonds. The van der Waals surface area contributed by atoms with Crippen LogP contribution in [0.3, 0.4) is 0 Å². The Labute approximate surface area is 157 Å². The fourth-order valence-corrected chi connectivity index (χ4v) is 2.93. The summed E-state index contributed by atoms with van der Waals surface area (Å²) in [6.45, 7) is 3.35. The molecular formula is C20H20FN5O. The first-order valence-electron chi connectivity index (χ1n) is 8.81. The molecule has 1 fully saturated rings. The van der Waals surface area contributed by atoms with Gasteiger partial charge in [0, 0.05) is 36.2 Å². The number of anilines is 5. The first kappa shape index (κ1) is 17.2. The van der Waals surface area contributed by atoms with Crippen molar-refractivity contribution >= 4 is 28.7 Å². The molecule has 27 heavy (non-hydrogen) atoms. The lowest BCUT2D eigenvalue weighted by molar-refractivity contribution is 0.122. The maximum absolute atomic E-state index is 13.3. The summed E-state index contributed by atoms with van der Waals surface area (Å²) < 4.78 is 18.7. The van der Waals surface area contributed by atoms with Gasteiger partial charge in [-0.2, -0.15) is 0 Å². The molecule has 1 aliphatic rings. The van der Waals surface area contributed by atoms with E-state index < -0.39 is 0 Å². The molecule has 0 unspecified atom stereocenters. The van der Waals surface area contributed by atoms with Crippen LogP contribution in [-0.2, 0) is 4.74 Å². The molecule has 0 atom stereocenters. The van der Waals surface area contributed by atoms with E-state index in [1.165, 1.54) is 24.1 Å². The van der Waals surface area contributed by atoms with Gasteiger partial charge in [-0.05, 0) is 42.5 Å². The Hall–Kier alpha value is -3.19. The minimum Gasteiger partial charge on any atom is -0.378 e. The summed E-state index contributed by atoms with van der Waals surface area (Å²) in [5.74, 6) is 0.943. The van der Waals surface area contributed by atoms with Gasteiger partial charge in [0.2, 0.25) is 0 Å². The van der Waals surface area contributed by atoms with Gasteiger partial charge in [0.15, 0.2) is 0 Å². The van der Waals surface area contributed by atoms with E-state index in [2.05, 4.69) is 37.6 Å². The second-order valence-electron chi connectivity index (χ2n) is 6.20. The van der Waals surface area contributed by atoms with Crippen molar-refractivity contribution in [3.05, 3.63) is 66.7 Å². The summed E-state index contributed by atoms with van der Waals surface area (Å²) in [6, 6.07) is 16.2. The van der Waals surface area contributed by atoms with Crippen molar-refractivity contribution in [3.8, 4) is 0 Å². The third kappa shape index (κ3) is 4.51. The lowest BCUT2D eigenvalue weighted by Gasteiger charge is -2.28. The topological polar surface area (TPSA) is 62.3 Å². The molecule has 0 radical (unpaired) electrons. The molecule has 3 aromatic rings. The average molecular weight is 365 g/mol. The number of halogens is 1. The maximum Gasteiger partial charge on any atom is 0.135 e. The number of nitrogens with zero attached hydrogens (tertiary/aromatic N) is 3. The summed E-state index contributed by atoms with van der Waals surface area (Å²) in [5, 5.41) is 6.34. The minimum absolute atomic E-state index is 0.298. The molecule has 0 saturated carbocycles. The maximum atomic E-state index is 13.3. The highest BCUT2D eigenvalue weighted by Crippen LogP contribution is 2.23. The standard InChI is InChI=1S/C20H20FN5O/c21-15-2-1-3-17(12-15)25-20-13-19(22-14-23-20)24-16-4-6-18(7-5-16)26-8-10-27-11-9-26/h1-7,12-14H,8-11H2,(H2,22,23,24,25). The quantitative estimate of drug-likeness (QED) is 0.714. The van der Waals surface area contributed by atoms with Crippen LogP contribution >= 0.6 is 0 Å². The predicted molar refractivity (Wildman–Crippen MR) is 104 cm³/mol. The number of morpholine rings is 1. The van der Waals surface area contributed by atoms with Crippen LogP contribution in [0.25, 0.3) is 0 Å². The molecule has 1 saturated heterocycles. The molecule has 1 aliphatic heterocycles. The van der Waals surface area contributed by atoms with Crippen LogP contribution in [0.15, 0.2) is 60.9 Å². The molecule has 2 N–H and O–H groups in total. The molecule has 0 spiro atoms. The van der Waals surface area contributed by atoms with Gasteiger partial charge in [-0.25, -0.2) is 14.4 Å². The van der Waals surface area contributed by atoms with Crippen molar-refractivity contribution in [2.75, 3.05) is 41.8 Å². The van der Waals surface area contributed by atoms with E-state index in [1.54, 1.807) is 18.2 Å². The van der Waals surface area contributed by atoms with Crippen LogP contribution in [0.2, 0.25) is 0 Å². The Morgan fingerprint density at radius 2 is 1.56 bits per heavy atom. The number of hydrogen-bond donors (Lipinski definition) is 2. The second-order valence-corrected chi connectivity index (χ2v) is 6.20. The summed E-state index contributed by atoms with van der Waals surface area (Å²) in [4.78, 5) is 10.7. The minimum atomic E-state index is -0.298. The third-order valence-corrected chi connectivity index (χ3v) is 4.28. The van der Waals surface area contributed by atoms with Gasteiger partial charge in [0.1, 0.15) is 23.8 Å².